The molecule has 1 aliphatic heterocycles. The number of ketones is 1. The van der Waals surface area contributed by atoms with Crippen LogP contribution in [0.1, 0.15) is 17.3 Å². The van der Waals surface area contributed by atoms with E-state index in [4.69, 9.17) is 0 Å². The van der Waals surface area contributed by atoms with Crippen LogP contribution in [0.2, 0.25) is 0 Å². The molecular formula is C17H18FN3O. The molecule has 1 fully saturated rings. The monoisotopic (exact) mass is 299 g/mol. The van der Waals surface area contributed by atoms with Crippen LogP contribution in [0.5, 0.6) is 0 Å². The number of pyridine rings is 1. The molecule has 0 atom stereocenters. The highest BCUT2D eigenvalue weighted by Gasteiger charge is 2.22. The number of halogens is 1. The van der Waals surface area contributed by atoms with Gasteiger partial charge in [0.2, 0.25) is 0 Å². The first kappa shape index (κ1) is 14.5. The van der Waals surface area contributed by atoms with E-state index < -0.39 is 5.82 Å². The van der Waals surface area contributed by atoms with E-state index in [1.807, 2.05) is 24.3 Å². The standard InChI is InChI=1S/C17H18FN3O/c1-13(22)17-14(18)5-4-6-15(17)20-9-11-21(12-10-20)16-7-2-3-8-19-16/h2-8H,9-12H2,1H3. The smallest absolute Gasteiger partial charge is 0.164 e. The number of rotatable bonds is 3. The molecule has 2 heterocycles. The van der Waals surface area contributed by atoms with Gasteiger partial charge < -0.3 is 9.80 Å². The van der Waals surface area contributed by atoms with Gasteiger partial charge in [-0.3, -0.25) is 4.79 Å². The first-order chi connectivity index (χ1) is 10.7. The van der Waals surface area contributed by atoms with Gasteiger partial charge in [-0.15, -0.1) is 0 Å². The molecule has 5 heteroatoms. The quantitative estimate of drug-likeness (QED) is 0.817. The van der Waals surface area contributed by atoms with E-state index in [-0.39, 0.29) is 11.3 Å². The molecule has 0 unspecified atom stereocenters. The van der Waals surface area contributed by atoms with E-state index in [9.17, 15) is 9.18 Å². The maximum atomic E-state index is 13.9. The van der Waals surface area contributed by atoms with Gasteiger partial charge in [0.25, 0.3) is 0 Å². The first-order valence-electron chi connectivity index (χ1n) is 7.37. The summed E-state index contributed by atoms with van der Waals surface area (Å²) in [5, 5.41) is 0. The molecule has 0 radical (unpaired) electrons. The Hall–Kier alpha value is -2.43. The van der Waals surface area contributed by atoms with E-state index in [1.54, 1.807) is 12.3 Å². The molecule has 0 amide bonds. The average molecular weight is 299 g/mol. The van der Waals surface area contributed by atoms with Crippen molar-refractivity contribution in [2.75, 3.05) is 36.0 Å². The summed E-state index contributed by atoms with van der Waals surface area (Å²) in [7, 11) is 0. The molecule has 4 nitrogen and oxygen atoms in total. The Morgan fingerprint density at radius 1 is 1.05 bits per heavy atom. The minimum Gasteiger partial charge on any atom is -0.367 e. The van der Waals surface area contributed by atoms with Crippen molar-refractivity contribution in [1.82, 2.24) is 4.98 Å². The molecule has 0 aliphatic carbocycles. The number of hydrogen-bond acceptors (Lipinski definition) is 4. The van der Waals surface area contributed by atoms with Crippen LogP contribution in [0.4, 0.5) is 15.9 Å². The zero-order valence-electron chi connectivity index (χ0n) is 12.5. The fraction of sp³-hybridized carbons (Fsp3) is 0.294. The molecule has 1 aromatic heterocycles. The van der Waals surface area contributed by atoms with Gasteiger partial charge in [-0.2, -0.15) is 0 Å². The number of carbonyl (C=O) groups excluding carboxylic acids is 1. The molecule has 0 saturated carbocycles. The molecule has 1 aromatic carbocycles. The topological polar surface area (TPSA) is 36.4 Å². The number of Topliss-reactive ketones (excluding diaryl/α,β-unsaturated/α-hetero) is 1. The number of hydrogen-bond donors (Lipinski definition) is 0. The molecule has 0 bridgehead atoms. The van der Waals surface area contributed by atoms with Crippen molar-refractivity contribution in [1.29, 1.82) is 0 Å². The van der Waals surface area contributed by atoms with E-state index in [1.165, 1.54) is 13.0 Å². The van der Waals surface area contributed by atoms with Crippen LogP contribution in [0.15, 0.2) is 42.6 Å². The third-order valence-electron chi connectivity index (χ3n) is 3.94. The average Bonchev–Trinajstić information content (AvgIpc) is 2.55. The Morgan fingerprint density at radius 2 is 1.77 bits per heavy atom. The summed E-state index contributed by atoms with van der Waals surface area (Å²) < 4.78 is 13.9. The van der Waals surface area contributed by atoms with Crippen molar-refractivity contribution in [2.45, 2.75) is 6.92 Å². The molecule has 2 aromatic rings. The maximum absolute atomic E-state index is 13.9. The molecule has 1 saturated heterocycles. The van der Waals surface area contributed by atoms with Gasteiger partial charge >= 0.3 is 0 Å². The Balaban J connectivity index is 1.77. The van der Waals surface area contributed by atoms with Crippen molar-refractivity contribution in [3.63, 3.8) is 0 Å². The SMILES string of the molecule is CC(=O)c1c(F)cccc1N1CCN(c2ccccn2)CC1. The fourth-order valence-corrected chi connectivity index (χ4v) is 2.84. The number of piperazine rings is 1. The summed E-state index contributed by atoms with van der Waals surface area (Å²) >= 11 is 0. The summed E-state index contributed by atoms with van der Waals surface area (Å²) in [6.07, 6.45) is 1.78. The molecule has 22 heavy (non-hydrogen) atoms. The van der Waals surface area contributed by atoms with Crippen molar-refractivity contribution >= 4 is 17.3 Å². The molecule has 114 valence electrons. The highest BCUT2D eigenvalue weighted by molar-refractivity contribution is 6.00. The molecule has 0 spiro atoms. The normalized spacial score (nSPS) is 15.0. The van der Waals surface area contributed by atoms with Crippen LogP contribution in [0.3, 0.4) is 0 Å². The Bertz CT molecular complexity index is 667. The highest BCUT2D eigenvalue weighted by Crippen LogP contribution is 2.25. The van der Waals surface area contributed by atoms with Gasteiger partial charge in [0.15, 0.2) is 5.78 Å². The van der Waals surface area contributed by atoms with E-state index in [0.29, 0.717) is 5.69 Å². The van der Waals surface area contributed by atoms with E-state index >= 15 is 0 Å². The summed E-state index contributed by atoms with van der Waals surface area (Å²) in [4.78, 5) is 20.3. The van der Waals surface area contributed by atoms with Gasteiger partial charge in [-0.25, -0.2) is 9.37 Å². The van der Waals surface area contributed by atoms with Crippen LogP contribution in [0.25, 0.3) is 0 Å². The lowest BCUT2D eigenvalue weighted by Crippen LogP contribution is -2.47. The van der Waals surface area contributed by atoms with Crippen molar-refractivity contribution < 1.29 is 9.18 Å². The molecule has 3 rings (SSSR count). The maximum Gasteiger partial charge on any atom is 0.164 e. The predicted molar refractivity (Wildman–Crippen MR) is 85.1 cm³/mol. The van der Waals surface area contributed by atoms with Crippen LogP contribution < -0.4 is 9.80 Å². The number of carbonyl (C=O) groups is 1. The number of benzene rings is 1. The summed E-state index contributed by atoms with van der Waals surface area (Å²) in [5.74, 6) is 0.269. The van der Waals surface area contributed by atoms with Gasteiger partial charge in [0, 0.05) is 32.4 Å². The Labute approximate surface area is 129 Å². The van der Waals surface area contributed by atoms with Crippen molar-refractivity contribution in [2.24, 2.45) is 0 Å². The minimum absolute atomic E-state index is 0.189. The Morgan fingerprint density at radius 3 is 2.41 bits per heavy atom. The molecule has 1 aliphatic rings. The number of aromatic nitrogens is 1. The third-order valence-corrected chi connectivity index (χ3v) is 3.94. The Kier molecular flexibility index (Phi) is 4.04. The molecule has 0 N–H and O–H groups in total. The lowest BCUT2D eigenvalue weighted by atomic mass is 10.1. The van der Waals surface area contributed by atoms with E-state index in [2.05, 4.69) is 14.8 Å². The summed E-state index contributed by atoms with van der Waals surface area (Å²) in [6.45, 7) is 4.47. The summed E-state index contributed by atoms with van der Waals surface area (Å²) in [6, 6.07) is 10.7. The lowest BCUT2D eigenvalue weighted by Gasteiger charge is -2.37. The highest BCUT2D eigenvalue weighted by atomic mass is 19.1. The number of anilines is 2. The van der Waals surface area contributed by atoms with Gasteiger partial charge in [-0.1, -0.05) is 12.1 Å². The van der Waals surface area contributed by atoms with Crippen LogP contribution in [-0.2, 0) is 0 Å². The largest absolute Gasteiger partial charge is 0.367 e. The zero-order chi connectivity index (χ0) is 15.5. The first-order valence-corrected chi connectivity index (χ1v) is 7.37. The van der Waals surface area contributed by atoms with Crippen molar-refractivity contribution in [3.05, 3.63) is 54.0 Å². The summed E-state index contributed by atoms with van der Waals surface area (Å²) in [5.41, 5.74) is 0.877. The van der Waals surface area contributed by atoms with Crippen molar-refractivity contribution in [3.8, 4) is 0 Å². The zero-order valence-corrected chi connectivity index (χ0v) is 12.5. The predicted octanol–water partition coefficient (Wildman–Crippen LogP) is 2.75. The fourth-order valence-electron chi connectivity index (χ4n) is 2.84. The minimum atomic E-state index is -0.447. The number of nitrogens with zero attached hydrogens (tertiary/aromatic N) is 3. The van der Waals surface area contributed by atoms with Gasteiger partial charge in [0.05, 0.1) is 11.3 Å². The van der Waals surface area contributed by atoms with Crippen LogP contribution >= 0.6 is 0 Å². The third kappa shape index (κ3) is 2.79. The van der Waals surface area contributed by atoms with Gasteiger partial charge in [0.1, 0.15) is 11.6 Å². The van der Waals surface area contributed by atoms with Gasteiger partial charge in [-0.05, 0) is 31.2 Å². The lowest BCUT2D eigenvalue weighted by molar-refractivity contribution is 0.101. The molecular weight excluding hydrogens is 281 g/mol. The van der Waals surface area contributed by atoms with E-state index in [0.717, 1.165) is 32.0 Å². The van der Waals surface area contributed by atoms with Crippen LogP contribution in [0, 0.1) is 5.82 Å². The second-order valence-electron chi connectivity index (χ2n) is 5.35. The second kappa shape index (κ2) is 6.13. The second-order valence-corrected chi connectivity index (χ2v) is 5.35. The van der Waals surface area contributed by atoms with Crippen LogP contribution in [-0.4, -0.2) is 36.9 Å².